The summed E-state index contributed by atoms with van der Waals surface area (Å²) in [6, 6.07) is 6.98. The first-order valence-electron chi connectivity index (χ1n) is 6.21. The molecule has 0 atom stereocenters. The Kier molecular flexibility index (Phi) is 4.26. The lowest BCUT2D eigenvalue weighted by molar-refractivity contribution is -0.141. The maximum atomic E-state index is 12.5. The largest absolute Gasteiger partial charge is 0.493 e. The molecule has 110 valence electrons. The van der Waals surface area contributed by atoms with Gasteiger partial charge in [-0.05, 0) is 25.1 Å². The number of benzene rings is 1. The van der Waals surface area contributed by atoms with Crippen molar-refractivity contribution in [3.8, 4) is 16.9 Å². The van der Waals surface area contributed by atoms with Crippen LogP contribution in [0.5, 0.6) is 5.75 Å². The van der Waals surface area contributed by atoms with Gasteiger partial charge in [0.2, 0.25) is 0 Å². The van der Waals surface area contributed by atoms with E-state index < -0.39 is 11.9 Å². The van der Waals surface area contributed by atoms with E-state index in [1.54, 1.807) is 25.1 Å². The van der Waals surface area contributed by atoms with Gasteiger partial charge in [0.1, 0.15) is 17.7 Å². The maximum absolute atomic E-state index is 12.5. The SMILES string of the molecule is CCOc1cc(C=O)ccc1-c1ccc(C(F)(F)F)nc1. The Morgan fingerprint density at radius 1 is 1.24 bits per heavy atom. The molecule has 2 rings (SSSR count). The zero-order chi connectivity index (χ0) is 15.5. The molecule has 0 aliphatic heterocycles. The van der Waals surface area contributed by atoms with E-state index in [-0.39, 0.29) is 0 Å². The van der Waals surface area contributed by atoms with Crippen LogP contribution in [0.25, 0.3) is 11.1 Å². The van der Waals surface area contributed by atoms with Crippen LogP contribution in [0.15, 0.2) is 36.5 Å². The molecule has 1 aromatic heterocycles. The number of aromatic nitrogens is 1. The predicted octanol–water partition coefficient (Wildman–Crippen LogP) is 3.98. The minimum Gasteiger partial charge on any atom is -0.493 e. The summed E-state index contributed by atoms with van der Waals surface area (Å²) in [7, 11) is 0. The molecular weight excluding hydrogens is 283 g/mol. The molecule has 0 bridgehead atoms. The van der Waals surface area contributed by atoms with Crippen molar-refractivity contribution in [1.29, 1.82) is 0 Å². The highest BCUT2D eigenvalue weighted by atomic mass is 19.4. The summed E-state index contributed by atoms with van der Waals surface area (Å²) in [5, 5.41) is 0. The molecule has 0 fully saturated rings. The van der Waals surface area contributed by atoms with Crippen LogP contribution in [0.2, 0.25) is 0 Å². The van der Waals surface area contributed by atoms with Gasteiger partial charge in [-0.2, -0.15) is 13.2 Å². The van der Waals surface area contributed by atoms with Crippen molar-refractivity contribution in [3.05, 3.63) is 47.8 Å². The second-order valence-corrected chi connectivity index (χ2v) is 4.24. The number of aldehydes is 1. The number of nitrogens with zero attached hydrogens (tertiary/aromatic N) is 1. The first-order valence-corrected chi connectivity index (χ1v) is 6.21. The van der Waals surface area contributed by atoms with E-state index in [0.717, 1.165) is 12.3 Å². The van der Waals surface area contributed by atoms with Gasteiger partial charge in [-0.15, -0.1) is 0 Å². The minimum absolute atomic E-state index is 0.378. The molecule has 0 aliphatic carbocycles. The summed E-state index contributed by atoms with van der Waals surface area (Å²) in [5.41, 5.74) is 0.559. The van der Waals surface area contributed by atoms with Crippen molar-refractivity contribution >= 4 is 6.29 Å². The van der Waals surface area contributed by atoms with E-state index in [2.05, 4.69) is 4.98 Å². The van der Waals surface area contributed by atoms with Crippen molar-refractivity contribution in [3.63, 3.8) is 0 Å². The normalized spacial score (nSPS) is 11.2. The molecule has 0 aliphatic rings. The number of alkyl halides is 3. The van der Waals surface area contributed by atoms with Crippen LogP contribution in [0.1, 0.15) is 23.0 Å². The van der Waals surface area contributed by atoms with Crippen LogP contribution in [-0.2, 0) is 6.18 Å². The third kappa shape index (κ3) is 3.39. The van der Waals surface area contributed by atoms with Gasteiger partial charge in [0, 0.05) is 22.9 Å². The number of carbonyl (C=O) groups excluding carboxylic acids is 1. The summed E-state index contributed by atoms with van der Waals surface area (Å²) in [4.78, 5) is 14.2. The van der Waals surface area contributed by atoms with Crippen molar-refractivity contribution in [2.75, 3.05) is 6.61 Å². The lowest BCUT2D eigenvalue weighted by Crippen LogP contribution is -2.07. The van der Waals surface area contributed by atoms with Crippen LogP contribution in [0.3, 0.4) is 0 Å². The molecule has 21 heavy (non-hydrogen) atoms. The topological polar surface area (TPSA) is 39.2 Å². The number of ether oxygens (including phenoxy) is 1. The summed E-state index contributed by atoms with van der Waals surface area (Å²) in [5.74, 6) is 0.434. The number of rotatable bonds is 4. The zero-order valence-electron chi connectivity index (χ0n) is 11.1. The maximum Gasteiger partial charge on any atom is 0.433 e. The number of hydrogen-bond acceptors (Lipinski definition) is 3. The van der Waals surface area contributed by atoms with Gasteiger partial charge in [0.25, 0.3) is 0 Å². The van der Waals surface area contributed by atoms with E-state index in [9.17, 15) is 18.0 Å². The van der Waals surface area contributed by atoms with Crippen LogP contribution in [0.4, 0.5) is 13.2 Å². The van der Waals surface area contributed by atoms with E-state index in [4.69, 9.17) is 4.74 Å². The average molecular weight is 295 g/mol. The van der Waals surface area contributed by atoms with Crippen molar-refractivity contribution in [2.45, 2.75) is 13.1 Å². The molecule has 0 amide bonds. The van der Waals surface area contributed by atoms with E-state index in [1.165, 1.54) is 6.07 Å². The third-order valence-corrected chi connectivity index (χ3v) is 2.81. The Balaban J connectivity index is 2.43. The van der Waals surface area contributed by atoms with E-state index in [0.29, 0.717) is 35.3 Å². The molecule has 2 aromatic rings. The highest BCUT2D eigenvalue weighted by molar-refractivity contribution is 5.80. The molecular formula is C15H12F3NO2. The molecule has 0 saturated heterocycles. The van der Waals surface area contributed by atoms with Gasteiger partial charge in [-0.3, -0.25) is 9.78 Å². The second-order valence-electron chi connectivity index (χ2n) is 4.24. The van der Waals surface area contributed by atoms with E-state index >= 15 is 0 Å². The fourth-order valence-corrected chi connectivity index (χ4v) is 1.85. The summed E-state index contributed by atoms with van der Waals surface area (Å²) in [6.07, 6.45) is -2.65. The molecule has 0 saturated carbocycles. The molecule has 1 aromatic carbocycles. The fourth-order valence-electron chi connectivity index (χ4n) is 1.85. The van der Waals surface area contributed by atoms with Gasteiger partial charge >= 0.3 is 6.18 Å². The molecule has 6 heteroatoms. The van der Waals surface area contributed by atoms with Gasteiger partial charge in [-0.25, -0.2) is 0 Å². The van der Waals surface area contributed by atoms with Gasteiger partial charge in [-0.1, -0.05) is 12.1 Å². The van der Waals surface area contributed by atoms with Crippen molar-refractivity contribution < 1.29 is 22.7 Å². The number of carbonyl (C=O) groups is 1. The standard InChI is InChI=1S/C15H12F3NO2/c1-2-21-13-7-10(9-20)3-5-12(13)11-4-6-14(19-8-11)15(16,17)18/h3-9H,2H2,1H3. The van der Waals surface area contributed by atoms with Crippen LogP contribution in [-0.4, -0.2) is 17.9 Å². The number of halogens is 3. The Hall–Kier alpha value is -2.37. The first-order chi connectivity index (χ1) is 9.95. The lowest BCUT2D eigenvalue weighted by atomic mass is 10.0. The second kappa shape index (κ2) is 5.95. The minimum atomic E-state index is -4.47. The third-order valence-electron chi connectivity index (χ3n) is 2.81. The number of pyridine rings is 1. The van der Waals surface area contributed by atoms with Crippen LogP contribution >= 0.6 is 0 Å². The predicted molar refractivity (Wildman–Crippen MR) is 71.2 cm³/mol. The van der Waals surface area contributed by atoms with Gasteiger partial charge in [0.05, 0.1) is 6.61 Å². The zero-order valence-corrected chi connectivity index (χ0v) is 11.1. The monoisotopic (exact) mass is 295 g/mol. The number of hydrogen-bond donors (Lipinski definition) is 0. The molecule has 0 radical (unpaired) electrons. The summed E-state index contributed by atoms with van der Waals surface area (Å²) < 4.78 is 42.9. The molecule has 3 nitrogen and oxygen atoms in total. The smallest absolute Gasteiger partial charge is 0.433 e. The molecule has 0 spiro atoms. The Morgan fingerprint density at radius 2 is 2.00 bits per heavy atom. The Bertz CT molecular complexity index is 636. The van der Waals surface area contributed by atoms with Crippen LogP contribution < -0.4 is 4.74 Å². The fraction of sp³-hybridized carbons (Fsp3) is 0.200. The highest BCUT2D eigenvalue weighted by Crippen LogP contribution is 2.33. The van der Waals surface area contributed by atoms with Crippen molar-refractivity contribution in [2.24, 2.45) is 0 Å². The van der Waals surface area contributed by atoms with Crippen molar-refractivity contribution in [1.82, 2.24) is 4.98 Å². The molecule has 0 unspecified atom stereocenters. The summed E-state index contributed by atoms with van der Waals surface area (Å²) >= 11 is 0. The molecule has 0 N–H and O–H groups in total. The van der Waals surface area contributed by atoms with Crippen LogP contribution in [0, 0.1) is 0 Å². The highest BCUT2D eigenvalue weighted by Gasteiger charge is 2.32. The Labute approximate surface area is 119 Å². The van der Waals surface area contributed by atoms with Gasteiger partial charge in [0.15, 0.2) is 0 Å². The lowest BCUT2D eigenvalue weighted by Gasteiger charge is -2.12. The summed E-state index contributed by atoms with van der Waals surface area (Å²) in [6.45, 7) is 2.16. The quantitative estimate of drug-likeness (QED) is 0.801. The van der Waals surface area contributed by atoms with Gasteiger partial charge < -0.3 is 4.74 Å². The van der Waals surface area contributed by atoms with E-state index in [1.807, 2.05) is 0 Å². The average Bonchev–Trinajstić information content (AvgIpc) is 2.47. The first kappa shape index (κ1) is 15.0. The molecule has 1 heterocycles. The Morgan fingerprint density at radius 3 is 2.52 bits per heavy atom.